The van der Waals surface area contributed by atoms with Crippen LogP contribution in [0.2, 0.25) is 5.02 Å². The fraction of sp³-hybridized carbons (Fsp3) is 0.389. The van der Waals surface area contributed by atoms with Gasteiger partial charge in [0.05, 0.1) is 0 Å². The second kappa shape index (κ2) is 8.41. The summed E-state index contributed by atoms with van der Waals surface area (Å²) in [6, 6.07) is 6.67. The predicted octanol–water partition coefficient (Wildman–Crippen LogP) is 4.28. The standard InChI is InChI=1S/C18H22ClNO4S2/c1-11(2)15-10-16(19)12(3)9-17(15)24-26(22,23)18-6-5-14(25-18)7-8-20-13(4)21/h5-6,9-11H,7-8H2,1-4H3,(H,20,21). The first-order valence-electron chi connectivity index (χ1n) is 8.18. The molecular formula is C18H22ClNO4S2. The Balaban J connectivity index is 2.23. The van der Waals surface area contributed by atoms with Crippen LogP contribution in [-0.4, -0.2) is 20.9 Å². The number of hydrogen-bond acceptors (Lipinski definition) is 5. The molecule has 0 aliphatic carbocycles. The lowest BCUT2D eigenvalue weighted by molar-refractivity contribution is -0.118. The van der Waals surface area contributed by atoms with Crippen LogP contribution in [0.3, 0.4) is 0 Å². The summed E-state index contributed by atoms with van der Waals surface area (Å²) in [5, 5.41) is 3.27. The molecule has 0 aliphatic rings. The van der Waals surface area contributed by atoms with Gasteiger partial charge < -0.3 is 9.50 Å². The van der Waals surface area contributed by atoms with Crippen LogP contribution in [0.25, 0.3) is 0 Å². The minimum absolute atomic E-state index is 0.0647. The largest absolute Gasteiger partial charge is 0.378 e. The summed E-state index contributed by atoms with van der Waals surface area (Å²) in [5.41, 5.74) is 1.50. The summed E-state index contributed by atoms with van der Waals surface area (Å²) >= 11 is 7.30. The monoisotopic (exact) mass is 415 g/mol. The van der Waals surface area contributed by atoms with Crippen molar-refractivity contribution in [3.8, 4) is 5.75 Å². The number of nitrogens with one attached hydrogen (secondary N) is 1. The third-order valence-corrected chi connectivity index (χ3v) is 6.98. The summed E-state index contributed by atoms with van der Waals surface area (Å²) < 4.78 is 30.9. The number of hydrogen-bond donors (Lipinski definition) is 1. The molecule has 5 nitrogen and oxygen atoms in total. The van der Waals surface area contributed by atoms with Gasteiger partial charge in [0.25, 0.3) is 0 Å². The molecule has 2 aromatic rings. The molecule has 2 rings (SSSR count). The van der Waals surface area contributed by atoms with Crippen molar-refractivity contribution in [3.63, 3.8) is 0 Å². The van der Waals surface area contributed by atoms with E-state index >= 15 is 0 Å². The van der Waals surface area contributed by atoms with Gasteiger partial charge in [-0.2, -0.15) is 8.42 Å². The van der Waals surface area contributed by atoms with Crippen LogP contribution < -0.4 is 9.50 Å². The van der Waals surface area contributed by atoms with Gasteiger partial charge in [0.1, 0.15) is 5.75 Å². The third-order valence-electron chi connectivity index (χ3n) is 3.74. The topological polar surface area (TPSA) is 72.5 Å². The van der Waals surface area contributed by atoms with Crippen molar-refractivity contribution in [1.29, 1.82) is 0 Å². The van der Waals surface area contributed by atoms with E-state index < -0.39 is 10.1 Å². The minimum Gasteiger partial charge on any atom is -0.378 e. The molecule has 0 spiro atoms. The van der Waals surface area contributed by atoms with E-state index in [0.29, 0.717) is 23.7 Å². The Morgan fingerprint density at radius 1 is 1.31 bits per heavy atom. The van der Waals surface area contributed by atoms with Crippen LogP contribution in [0.5, 0.6) is 5.75 Å². The lowest BCUT2D eigenvalue weighted by atomic mass is 10.0. The van der Waals surface area contributed by atoms with Crippen LogP contribution >= 0.6 is 22.9 Å². The summed E-state index contributed by atoms with van der Waals surface area (Å²) in [7, 11) is -3.93. The van der Waals surface area contributed by atoms with Gasteiger partial charge in [-0.3, -0.25) is 4.79 Å². The van der Waals surface area contributed by atoms with E-state index in [9.17, 15) is 13.2 Å². The van der Waals surface area contributed by atoms with Gasteiger partial charge in [-0.25, -0.2) is 0 Å². The zero-order valence-corrected chi connectivity index (χ0v) is 17.5. The number of halogens is 1. The highest BCUT2D eigenvalue weighted by Crippen LogP contribution is 2.34. The van der Waals surface area contributed by atoms with Crippen molar-refractivity contribution in [2.45, 2.75) is 44.2 Å². The molecule has 0 atom stereocenters. The highest BCUT2D eigenvalue weighted by molar-refractivity contribution is 7.89. The summed E-state index contributed by atoms with van der Waals surface area (Å²) in [6.45, 7) is 7.61. The first kappa shape index (κ1) is 20.7. The maximum Gasteiger partial charge on any atom is 0.348 e. The molecule has 142 valence electrons. The zero-order valence-electron chi connectivity index (χ0n) is 15.1. The SMILES string of the molecule is CC(=O)NCCc1ccc(S(=O)(=O)Oc2cc(C)c(Cl)cc2C(C)C)s1. The average molecular weight is 416 g/mol. The molecule has 0 saturated carbocycles. The average Bonchev–Trinajstić information content (AvgIpc) is 2.99. The number of benzene rings is 1. The van der Waals surface area contributed by atoms with E-state index in [0.717, 1.165) is 27.3 Å². The molecule has 0 unspecified atom stereocenters. The Labute approximate surface area is 163 Å². The Morgan fingerprint density at radius 3 is 2.62 bits per heavy atom. The molecule has 0 aliphatic heterocycles. The molecule has 1 aromatic heterocycles. The molecule has 1 N–H and O–H groups in total. The lowest BCUT2D eigenvalue weighted by Crippen LogP contribution is -2.22. The third kappa shape index (κ3) is 5.22. The lowest BCUT2D eigenvalue weighted by Gasteiger charge is -2.15. The molecule has 0 radical (unpaired) electrons. The van der Waals surface area contributed by atoms with Crippen molar-refractivity contribution in [3.05, 3.63) is 45.3 Å². The van der Waals surface area contributed by atoms with Crippen LogP contribution in [0.1, 0.15) is 42.7 Å². The quantitative estimate of drug-likeness (QED) is 0.685. The Bertz CT molecular complexity index is 904. The summed E-state index contributed by atoms with van der Waals surface area (Å²) in [4.78, 5) is 11.8. The van der Waals surface area contributed by atoms with E-state index in [1.807, 2.05) is 13.8 Å². The van der Waals surface area contributed by atoms with Crippen molar-refractivity contribution in [1.82, 2.24) is 5.32 Å². The number of amides is 1. The van der Waals surface area contributed by atoms with Gasteiger partial charge in [0.15, 0.2) is 4.21 Å². The first-order chi connectivity index (χ1) is 12.1. The highest BCUT2D eigenvalue weighted by atomic mass is 35.5. The first-order valence-corrected chi connectivity index (χ1v) is 10.8. The van der Waals surface area contributed by atoms with E-state index in [4.69, 9.17) is 15.8 Å². The zero-order chi connectivity index (χ0) is 19.5. The highest BCUT2D eigenvalue weighted by Gasteiger charge is 2.22. The van der Waals surface area contributed by atoms with Crippen molar-refractivity contribution < 1.29 is 17.4 Å². The Hall–Kier alpha value is -1.57. The summed E-state index contributed by atoms with van der Waals surface area (Å²) in [6.07, 6.45) is 0.567. The molecule has 1 amide bonds. The number of carbonyl (C=O) groups excluding carboxylic acids is 1. The molecule has 26 heavy (non-hydrogen) atoms. The molecule has 8 heteroatoms. The van der Waals surface area contributed by atoms with E-state index in [2.05, 4.69) is 5.32 Å². The number of rotatable bonds is 7. The summed E-state index contributed by atoms with van der Waals surface area (Å²) in [5.74, 6) is 0.252. The second-order valence-electron chi connectivity index (χ2n) is 6.29. The van der Waals surface area contributed by atoms with Crippen molar-refractivity contribution in [2.75, 3.05) is 6.54 Å². The van der Waals surface area contributed by atoms with Gasteiger partial charge in [0, 0.05) is 23.4 Å². The fourth-order valence-electron chi connectivity index (χ4n) is 2.34. The molecule has 1 heterocycles. The van der Waals surface area contributed by atoms with Crippen molar-refractivity contribution in [2.24, 2.45) is 0 Å². The van der Waals surface area contributed by atoms with Gasteiger partial charge >= 0.3 is 10.1 Å². The molecule has 0 bridgehead atoms. The fourth-order valence-corrected chi connectivity index (χ4v) is 4.78. The number of carbonyl (C=O) groups is 1. The Kier molecular flexibility index (Phi) is 6.71. The van der Waals surface area contributed by atoms with Crippen molar-refractivity contribution >= 4 is 39.0 Å². The number of thiophene rings is 1. The molecule has 1 aromatic carbocycles. The maximum absolute atomic E-state index is 12.7. The van der Waals surface area contributed by atoms with E-state index in [1.165, 1.54) is 13.0 Å². The van der Waals surface area contributed by atoms with Gasteiger partial charge in [-0.15, -0.1) is 11.3 Å². The maximum atomic E-state index is 12.7. The molecule has 0 fully saturated rings. The smallest absolute Gasteiger partial charge is 0.348 e. The van der Waals surface area contributed by atoms with Gasteiger partial charge in [-0.05, 0) is 54.7 Å². The number of aryl methyl sites for hydroxylation is 1. The Morgan fingerprint density at radius 2 is 2.00 bits per heavy atom. The minimum atomic E-state index is -3.93. The molecule has 0 saturated heterocycles. The predicted molar refractivity (Wildman–Crippen MR) is 105 cm³/mol. The normalized spacial score (nSPS) is 11.6. The van der Waals surface area contributed by atoms with E-state index in [-0.39, 0.29) is 16.0 Å². The van der Waals surface area contributed by atoms with Crippen LogP contribution in [0, 0.1) is 6.92 Å². The van der Waals surface area contributed by atoms with Crippen LogP contribution in [0.4, 0.5) is 0 Å². The van der Waals surface area contributed by atoms with E-state index in [1.54, 1.807) is 25.1 Å². The van der Waals surface area contributed by atoms with Gasteiger partial charge in [0.2, 0.25) is 5.91 Å². The molecular weight excluding hydrogens is 394 g/mol. The van der Waals surface area contributed by atoms with Gasteiger partial charge in [-0.1, -0.05) is 25.4 Å². The second-order valence-corrected chi connectivity index (χ2v) is 9.63. The van der Waals surface area contributed by atoms with Crippen LogP contribution in [0.15, 0.2) is 28.5 Å². The van der Waals surface area contributed by atoms with Crippen LogP contribution in [-0.2, 0) is 21.3 Å².